The molecule has 7 aliphatic rings. The number of esters is 1. The molecule has 0 aromatic carbocycles. The van der Waals surface area contributed by atoms with E-state index in [0.29, 0.717) is 44.6 Å². The number of hydrogen-bond acceptors (Lipinski definition) is 9. The Bertz CT molecular complexity index is 1040. The fourth-order valence-electron chi connectivity index (χ4n) is 11.7. The highest BCUT2D eigenvalue weighted by atomic mass is 16.7. The zero-order chi connectivity index (χ0) is 27.2. The number of aliphatic hydroxyl groups excluding tert-OH is 2. The van der Waals surface area contributed by atoms with E-state index >= 15 is 0 Å². The van der Waals surface area contributed by atoms with Crippen molar-refractivity contribution in [3.63, 3.8) is 0 Å². The monoisotopic (exact) mass is 535 g/mol. The van der Waals surface area contributed by atoms with Gasteiger partial charge in [-0.2, -0.15) is 0 Å². The van der Waals surface area contributed by atoms with Gasteiger partial charge in [0.2, 0.25) is 5.79 Å². The lowest BCUT2D eigenvalue weighted by atomic mass is 9.49. The molecule has 3 heterocycles. The molecule has 38 heavy (non-hydrogen) atoms. The summed E-state index contributed by atoms with van der Waals surface area (Å²) in [6.45, 7) is 9.02. The number of piperidine rings is 2. The summed E-state index contributed by atoms with van der Waals surface area (Å²) in [5, 5.41) is 59.9. The van der Waals surface area contributed by atoms with E-state index in [2.05, 4.69) is 18.7 Å². The molecule has 0 amide bonds. The maximum Gasteiger partial charge on any atom is 0.303 e. The van der Waals surface area contributed by atoms with E-state index in [9.17, 15) is 30.3 Å². The van der Waals surface area contributed by atoms with Gasteiger partial charge in [-0.05, 0) is 69.6 Å². The van der Waals surface area contributed by atoms with Crippen LogP contribution in [-0.2, 0) is 14.3 Å². The Hall–Kier alpha value is -0.810. The summed E-state index contributed by atoms with van der Waals surface area (Å²) in [5.41, 5.74) is -4.22. The molecule has 0 aromatic heterocycles. The first-order chi connectivity index (χ1) is 17.7. The standard InChI is InChI=1S/C29H45NO8/c1-14-5-8-20-26(4,34)22-16(13-30(20)12-14)17-11-27-19(28(17,35)24(33)23(22)32)7-6-18-25(27,3)10-9-21(37-15(2)31)29(18,36)38-27/h14,16-24,32-36H,5-13H2,1-4H3/t14-,16-,17-,18-,19+,20-,21-,22+,23+,24-,25-,26+,27+,28-,29-/m0/s1. The molecule has 4 saturated carbocycles. The molecule has 0 aromatic rings. The molecule has 7 rings (SSSR count). The van der Waals surface area contributed by atoms with E-state index in [1.807, 2.05) is 0 Å². The topological polar surface area (TPSA) is 140 Å². The molecule has 4 bridgehead atoms. The van der Waals surface area contributed by atoms with E-state index in [-0.39, 0.29) is 17.9 Å². The van der Waals surface area contributed by atoms with Crippen LogP contribution in [0, 0.1) is 40.9 Å². The van der Waals surface area contributed by atoms with Crippen molar-refractivity contribution in [3.05, 3.63) is 0 Å². The van der Waals surface area contributed by atoms with Gasteiger partial charge in [0.25, 0.3) is 0 Å². The van der Waals surface area contributed by atoms with E-state index < -0.39 is 70.0 Å². The first kappa shape index (κ1) is 26.1. The van der Waals surface area contributed by atoms with Crippen LogP contribution < -0.4 is 0 Å². The van der Waals surface area contributed by atoms with Crippen molar-refractivity contribution >= 4 is 5.97 Å². The van der Waals surface area contributed by atoms with Crippen molar-refractivity contribution in [3.8, 4) is 0 Å². The number of ether oxygens (including phenoxy) is 2. The second-order valence-corrected chi connectivity index (χ2v) is 14.7. The predicted molar refractivity (Wildman–Crippen MR) is 134 cm³/mol. The zero-order valence-electron chi connectivity index (χ0n) is 23.0. The highest BCUT2D eigenvalue weighted by Gasteiger charge is 2.85. The molecule has 4 aliphatic carbocycles. The van der Waals surface area contributed by atoms with Crippen molar-refractivity contribution in [2.24, 2.45) is 40.9 Å². The molecule has 5 N–H and O–H groups in total. The number of carbonyl (C=O) groups is 1. The highest BCUT2D eigenvalue weighted by Crippen LogP contribution is 2.77. The van der Waals surface area contributed by atoms with Crippen LogP contribution >= 0.6 is 0 Å². The summed E-state index contributed by atoms with van der Waals surface area (Å²) in [6.07, 6.45) is 1.09. The number of aliphatic hydroxyl groups is 5. The van der Waals surface area contributed by atoms with E-state index in [1.54, 1.807) is 6.92 Å². The van der Waals surface area contributed by atoms with Gasteiger partial charge in [-0.1, -0.05) is 13.8 Å². The van der Waals surface area contributed by atoms with Crippen LogP contribution in [-0.4, -0.2) is 96.4 Å². The maximum atomic E-state index is 12.6. The van der Waals surface area contributed by atoms with Crippen LogP contribution in [0.2, 0.25) is 0 Å². The third kappa shape index (κ3) is 2.80. The zero-order valence-corrected chi connectivity index (χ0v) is 23.0. The second-order valence-electron chi connectivity index (χ2n) is 14.7. The molecule has 0 radical (unpaired) electrons. The molecule has 7 fully saturated rings. The van der Waals surface area contributed by atoms with E-state index in [4.69, 9.17) is 9.47 Å². The fraction of sp³-hybridized carbons (Fsp3) is 0.966. The summed E-state index contributed by atoms with van der Waals surface area (Å²) < 4.78 is 12.4. The van der Waals surface area contributed by atoms with Gasteiger partial charge in [-0.3, -0.25) is 9.69 Å². The average Bonchev–Trinajstić information content (AvgIpc) is 3.07. The molecule has 9 nitrogen and oxygen atoms in total. The number of fused-ring (bicyclic) bond motifs is 5. The minimum absolute atomic E-state index is 0.0936. The van der Waals surface area contributed by atoms with Crippen LogP contribution in [0.1, 0.15) is 72.6 Å². The van der Waals surface area contributed by atoms with Crippen LogP contribution in [0.4, 0.5) is 0 Å². The first-order valence-electron chi connectivity index (χ1n) is 14.9. The molecule has 15 atom stereocenters. The van der Waals surface area contributed by atoms with E-state index in [0.717, 1.165) is 19.4 Å². The Morgan fingerprint density at radius 3 is 2.42 bits per heavy atom. The molecular formula is C29H45NO8. The minimum atomic E-state index is -1.65. The van der Waals surface area contributed by atoms with Crippen molar-refractivity contribution in [1.82, 2.24) is 4.90 Å². The van der Waals surface area contributed by atoms with Crippen LogP contribution in [0.25, 0.3) is 0 Å². The van der Waals surface area contributed by atoms with Gasteiger partial charge in [0, 0.05) is 49.2 Å². The van der Waals surface area contributed by atoms with Crippen LogP contribution in [0.3, 0.4) is 0 Å². The Balaban J connectivity index is 1.32. The lowest BCUT2D eigenvalue weighted by Crippen LogP contribution is -2.76. The van der Waals surface area contributed by atoms with Gasteiger partial charge in [0.05, 0.1) is 17.3 Å². The SMILES string of the molecule is CC(=O)O[C@H]1CC[C@@]2(C)[C@@H]3CC[C@H]4[C@]5(O)[C@@H](O)[C@H](O)[C@H]6[C@@H](CN7C[C@@H](C)CC[C@H]7[C@@]6(C)O)[C@@H]5C[C@@]42O[C@]13O. The van der Waals surface area contributed by atoms with Gasteiger partial charge >= 0.3 is 5.97 Å². The third-order valence-electron chi connectivity index (χ3n) is 13.1. The lowest BCUT2D eigenvalue weighted by molar-refractivity contribution is -0.292. The van der Waals surface area contributed by atoms with Crippen LogP contribution in [0.5, 0.6) is 0 Å². The van der Waals surface area contributed by atoms with Crippen molar-refractivity contribution in [2.75, 3.05) is 13.1 Å². The fourth-order valence-corrected chi connectivity index (χ4v) is 11.7. The van der Waals surface area contributed by atoms with Crippen molar-refractivity contribution < 1.29 is 39.8 Å². The van der Waals surface area contributed by atoms with Crippen LogP contribution in [0.15, 0.2) is 0 Å². The molecule has 0 unspecified atom stereocenters. The molecule has 3 saturated heterocycles. The van der Waals surface area contributed by atoms with E-state index in [1.165, 1.54) is 6.92 Å². The van der Waals surface area contributed by atoms with Gasteiger partial charge in [-0.15, -0.1) is 0 Å². The smallest absolute Gasteiger partial charge is 0.303 e. The molecule has 1 spiro atoms. The molecule has 9 heteroatoms. The summed E-state index contributed by atoms with van der Waals surface area (Å²) in [7, 11) is 0. The van der Waals surface area contributed by atoms with Gasteiger partial charge in [0.15, 0.2) is 6.10 Å². The molecule has 3 aliphatic heterocycles. The minimum Gasteiger partial charge on any atom is -0.457 e. The maximum absolute atomic E-state index is 12.6. The van der Waals surface area contributed by atoms with Crippen molar-refractivity contribution in [1.29, 1.82) is 0 Å². The summed E-state index contributed by atoms with van der Waals surface area (Å²) in [6, 6.07) is -0.0936. The number of carbonyl (C=O) groups excluding carboxylic acids is 1. The molecular weight excluding hydrogens is 490 g/mol. The Kier molecular flexibility index (Phi) is 5.30. The quantitative estimate of drug-likeness (QED) is 0.308. The largest absolute Gasteiger partial charge is 0.457 e. The number of hydrogen-bond donors (Lipinski definition) is 5. The van der Waals surface area contributed by atoms with Crippen molar-refractivity contribution in [2.45, 2.75) is 120 Å². The lowest BCUT2D eigenvalue weighted by Gasteiger charge is -2.63. The predicted octanol–water partition coefficient (Wildman–Crippen LogP) is 0.786. The normalized spacial score (nSPS) is 62.9. The number of nitrogens with zero attached hydrogens (tertiary/aromatic N) is 1. The second kappa shape index (κ2) is 7.72. The Morgan fingerprint density at radius 2 is 1.71 bits per heavy atom. The molecule has 214 valence electrons. The summed E-state index contributed by atoms with van der Waals surface area (Å²) >= 11 is 0. The first-order valence-corrected chi connectivity index (χ1v) is 14.9. The Morgan fingerprint density at radius 1 is 1.00 bits per heavy atom. The highest BCUT2D eigenvalue weighted by molar-refractivity contribution is 5.66. The van der Waals surface area contributed by atoms with Gasteiger partial charge < -0.3 is 35.0 Å². The summed E-state index contributed by atoms with van der Waals surface area (Å²) in [4.78, 5) is 14.3. The Labute approximate surface area is 224 Å². The van der Waals surface area contributed by atoms with Gasteiger partial charge in [0.1, 0.15) is 11.7 Å². The number of rotatable bonds is 1. The summed E-state index contributed by atoms with van der Waals surface area (Å²) in [5.74, 6) is -3.56. The third-order valence-corrected chi connectivity index (χ3v) is 13.1. The van der Waals surface area contributed by atoms with Gasteiger partial charge in [-0.25, -0.2) is 0 Å². The average molecular weight is 536 g/mol.